The number of nitrogens with zero attached hydrogens (tertiary/aromatic N) is 7. The molecule has 28 nitrogen and oxygen atoms in total. The number of aromatic amines is 1. The van der Waals surface area contributed by atoms with Gasteiger partial charge in [0, 0.05) is 38.3 Å². The second kappa shape index (κ2) is 38.7. The maximum Gasteiger partial charge on any atom is 0.343 e. The van der Waals surface area contributed by atoms with Crippen LogP contribution in [0.25, 0.3) is 21.5 Å². The smallest absolute Gasteiger partial charge is 0.343 e. The lowest BCUT2D eigenvalue weighted by molar-refractivity contribution is -0.145. The van der Waals surface area contributed by atoms with Crippen molar-refractivity contribution in [3.8, 4) is 17.2 Å². The van der Waals surface area contributed by atoms with Gasteiger partial charge >= 0.3 is 11.7 Å². The van der Waals surface area contributed by atoms with Crippen LogP contribution in [0.4, 0.5) is 0 Å². The SMILES string of the molecule is CN[C@@H](C)C(=O)N[C@H](C(=O)N1C[C@@H]2C[C@H]1C(=O)NC(Cc1ccc3ccccc3c1)C(=O)C[C@H](c1n[nH]c(=O)n1Cc1ccc(OC)cc1)Cc1ccc(cc1)OC/C=C/C[C@H]1C[C@@H](C(=O)N[C@@H](Cc3ccc4ccccc4c3)C(=O)C[C@H](C(=O)O)Cc3ccc(cc3)OCc3cn2nn3)N(C(=O)[C@@H](NC(=O)[C@H](C)NC)C(C)(C)C)C1)C(C)(C)C. The number of fused-ring (bicyclic) bond motifs is 2. The van der Waals surface area contributed by atoms with Gasteiger partial charge in [0.05, 0.1) is 56.0 Å². The maximum absolute atomic E-state index is 15.9. The van der Waals surface area contributed by atoms with E-state index in [0.29, 0.717) is 40.5 Å². The third-order valence-electron chi connectivity index (χ3n) is 23.2. The van der Waals surface area contributed by atoms with Crippen LogP contribution in [-0.2, 0) is 82.0 Å². The lowest BCUT2D eigenvalue weighted by Gasteiger charge is -2.36. The summed E-state index contributed by atoms with van der Waals surface area (Å²) in [4.78, 5) is 151. The van der Waals surface area contributed by atoms with E-state index in [0.717, 1.165) is 38.2 Å². The number of hydrogen-bond acceptors (Lipinski definition) is 18. The molecule has 8 heterocycles. The molecule has 0 aliphatic carbocycles. The fourth-order valence-corrected chi connectivity index (χ4v) is 15.9. The Morgan fingerprint density at radius 1 is 0.592 bits per heavy atom. The van der Waals surface area contributed by atoms with Crippen LogP contribution in [0.1, 0.15) is 139 Å². The number of carbonyl (C=O) groups excluding carboxylic acids is 8. The summed E-state index contributed by atoms with van der Waals surface area (Å²) in [6, 6.07) is 39.4. The minimum Gasteiger partial charge on any atom is -0.497 e. The molecule has 28 heteroatoms. The van der Waals surface area contributed by atoms with E-state index < -0.39 is 142 Å². The van der Waals surface area contributed by atoms with Gasteiger partial charge in [0.2, 0.25) is 35.4 Å². The first-order valence-electron chi connectivity index (χ1n) is 41.1. The van der Waals surface area contributed by atoms with Crippen molar-refractivity contribution in [1.29, 1.82) is 0 Å². The summed E-state index contributed by atoms with van der Waals surface area (Å²) in [5.74, 6) is -5.81. The molecule has 2 saturated heterocycles. The number of carboxylic acid groups (broad SMARTS) is 1. The van der Waals surface area contributed by atoms with E-state index >= 15 is 28.8 Å². The molecule has 9 aromatic rings. The molecule has 0 spiro atoms. The number of H-pyrrole nitrogens is 1. The van der Waals surface area contributed by atoms with Crippen LogP contribution in [0.15, 0.2) is 181 Å². The second-order valence-electron chi connectivity index (χ2n) is 34.1. The van der Waals surface area contributed by atoms with Gasteiger partial charge in [-0.3, -0.25) is 47.7 Å². The predicted molar refractivity (Wildman–Crippen MR) is 454 cm³/mol. The van der Waals surface area contributed by atoms with E-state index in [1.54, 1.807) is 94.5 Å². The molecule has 2 fully saturated rings. The number of ether oxygens (including phenoxy) is 3. The number of allylic oxidation sites excluding steroid dienone is 1. The van der Waals surface area contributed by atoms with E-state index in [2.05, 4.69) is 52.4 Å². The number of benzene rings is 7. The number of likely N-dealkylation sites (tertiary alicyclic amines) is 2. The van der Waals surface area contributed by atoms with Crippen LogP contribution < -0.4 is 51.8 Å². The Morgan fingerprint density at radius 2 is 1.10 bits per heavy atom. The van der Waals surface area contributed by atoms with Crippen molar-refractivity contribution in [2.45, 2.75) is 187 Å². The van der Waals surface area contributed by atoms with Crippen LogP contribution in [0.5, 0.6) is 17.2 Å². The van der Waals surface area contributed by atoms with Crippen LogP contribution in [0, 0.1) is 22.7 Å². The van der Waals surface area contributed by atoms with Gasteiger partial charge in [0.15, 0.2) is 11.6 Å². The zero-order chi connectivity index (χ0) is 85.7. The summed E-state index contributed by atoms with van der Waals surface area (Å²) >= 11 is 0. The molecule has 632 valence electrons. The van der Waals surface area contributed by atoms with Gasteiger partial charge in [-0.2, -0.15) is 5.10 Å². The molecular formula is C92H110N14O14. The Hall–Kier alpha value is -12.2. The number of ketones is 2. The van der Waals surface area contributed by atoms with Crippen LogP contribution in [0.3, 0.4) is 0 Å². The Balaban J connectivity index is 0.896. The van der Waals surface area contributed by atoms with E-state index in [-0.39, 0.29) is 89.5 Å². The minimum atomic E-state index is -1.24. The summed E-state index contributed by atoms with van der Waals surface area (Å²) in [6.45, 7) is 14.5. The van der Waals surface area contributed by atoms with E-state index in [1.807, 2.05) is 163 Å². The van der Waals surface area contributed by atoms with Crippen molar-refractivity contribution in [2.75, 3.05) is 40.9 Å². The molecule has 6 aliphatic rings. The molecule has 8 N–H and O–H groups in total. The predicted octanol–water partition coefficient (Wildman–Crippen LogP) is 8.72. The Bertz CT molecular complexity index is 5260. The number of likely N-dealkylation sites (N-methyl/N-ethyl adjacent to an activating group) is 2. The summed E-state index contributed by atoms with van der Waals surface area (Å²) in [5.41, 5.74) is 1.68. The summed E-state index contributed by atoms with van der Waals surface area (Å²) < 4.78 is 21.1. The first-order chi connectivity index (χ1) is 57.4. The highest BCUT2D eigenvalue weighted by atomic mass is 16.5. The highest BCUT2D eigenvalue weighted by molar-refractivity contribution is 5.98. The molecule has 6 aliphatic heterocycles. The number of Topliss-reactive ketones (excluding diaryl/α,β-unsaturated/α-hetero) is 2. The number of amides is 6. The van der Waals surface area contributed by atoms with Gasteiger partial charge in [-0.05, 0) is 169 Å². The number of hydrogen-bond donors (Lipinski definition) is 8. The molecule has 1 unspecified atom stereocenters. The molecule has 0 saturated carbocycles. The maximum atomic E-state index is 15.9. The number of aromatic nitrogens is 6. The fourth-order valence-electron chi connectivity index (χ4n) is 15.9. The van der Waals surface area contributed by atoms with Gasteiger partial charge in [-0.1, -0.05) is 180 Å². The van der Waals surface area contributed by atoms with Gasteiger partial charge in [-0.15, -0.1) is 5.10 Å². The van der Waals surface area contributed by atoms with E-state index in [9.17, 15) is 24.3 Å². The molecule has 7 aromatic carbocycles. The second-order valence-corrected chi connectivity index (χ2v) is 34.1. The van der Waals surface area contributed by atoms with Crippen molar-refractivity contribution in [3.05, 3.63) is 226 Å². The lowest BCUT2D eigenvalue weighted by Crippen LogP contribution is -2.60. The lowest BCUT2D eigenvalue weighted by atomic mass is 9.85. The van der Waals surface area contributed by atoms with Crippen LogP contribution >= 0.6 is 0 Å². The summed E-state index contributed by atoms with van der Waals surface area (Å²) in [6.07, 6.45) is 5.43. The molecule has 6 amide bonds. The molecular weight excluding hydrogens is 1530 g/mol. The van der Waals surface area contributed by atoms with Crippen molar-refractivity contribution in [2.24, 2.45) is 22.7 Å². The number of methoxy groups -OCH3 is 1. The Kier molecular flexibility index (Phi) is 28.1. The fraction of sp³-hybridized carbons (Fsp3) is 0.424. The highest BCUT2D eigenvalue weighted by Gasteiger charge is 2.49. The van der Waals surface area contributed by atoms with Crippen LogP contribution in [0.2, 0.25) is 0 Å². The standard InChI is InChI=1S/C92H110N14O14/c1-55(93-9)83(109)97-80(91(3,4)5)87(113)103-51-62-18-16-17-39-119-72-35-25-57(26-36-72)40-67(82-100-101-90(117)105(82)50-59-29-33-71(118-11)34-30-59)47-78(107)74(44-60-23-31-63-19-12-14-21-65(63)42-60)96-86(112)77-49-70(53-104(77)88(114)81(92(6,7)8)98-84(110)56(2)94-10)106-52-69(99-102-106)54-120-73-37-27-58(28-38-73)41-68(89(115)116)48-79(108)75(95-85(111)76(103)46-62)45-61-24-32-64-20-13-15-22-66(64)43-61/h12-17,19-38,42-43,52,55-56,62,67-68,70,74-77,80-81,93-94H,18,39-41,44-51,53-54H2,1-11H3,(H,95,111)(H,96,112)(H,97,109)(H,98,110)(H,101,117)(H,115,116)/b17-16+/t55-,56-,62-,67+,68+,70-,74?,75-,76-,77-,80+,81+/m0/s1. The van der Waals surface area contributed by atoms with Gasteiger partial charge in [0.25, 0.3) is 0 Å². The third kappa shape index (κ3) is 21.8. The molecule has 120 heavy (non-hydrogen) atoms. The molecule has 15 rings (SSSR count). The van der Waals surface area contributed by atoms with Crippen LogP contribution in [-0.4, -0.2) is 187 Å². The number of rotatable bonds is 17. The zero-order valence-electron chi connectivity index (χ0n) is 70.0. The van der Waals surface area contributed by atoms with Crippen molar-refractivity contribution < 1.29 is 62.5 Å². The van der Waals surface area contributed by atoms with Gasteiger partial charge in [-0.25, -0.2) is 14.6 Å². The van der Waals surface area contributed by atoms with Gasteiger partial charge < -0.3 is 61.0 Å². The number of carboxylic acids is 1. The summed E-state index contributed by atoms with van der Waals surface area (Å²) in [5, 5.41) is 48.8. The summed E-state index contributed by atoms with van der Waals surface area (Å²) in [7, 11) is 4.83. The van der Waals surface area contributed by atoms with E-state index in [1.165, 1.54) is 14.4 Å². The van der Waals surface area contributed by atoms with Crippen molar-refractivity contribution in [1.82, 2.24) is 71.5 Å². The minimum absolute atomic E-state index is 0.00193. The average Bonchev–Trinajstić information content (AvgIpc) is 1.65. The Labute approximate surface area is 698 Å². The number of carbonyl (C=O) groups is 9. The van der Waals surface area contributed by atoms with Crippen molar-refractivity contribution >= 4 is 74.5 Å². The molecule has 0 radical (unpaired) electrons. The molecule has 2 aromatic heterocycles. The highest BCUT2D eigenvalue weighted by Crippen LogP contribution is 2.36. The number of aliphatic carboxylic acids is 1. The Morgan fingerprint density at radius 3 is 1.63 bits per heavy atom. The first-order valence-corrected chi connectivity index (χ1v) is 41.1. The molecule has 12 atom stereocenters. The monoisotopic (exact) mass is 1630 g/mol. The van der Waals surface area contributed by atoms with Crippen molar-refractivity contribution in [3.63, 3.8) is 0 Å². The quantitative estimate of drug-likeness (QED) is 0.0395. The van der Waals surface area contributed by atoms with E-state index in [4.69, 9.17) is 14.2 Å². The molecule has 10 bridgehead atoms. The normalized spacial score (nSPS) is 21.4. The third-order valence-corrected chi connectivity index (χ3v) is 23.2. The zero-order valence-corrected chi connectivity index (χ0v) is 70.0. The first kappa shape index (κ1) is 87.2. The average molecular weight is 1640 g/mol. The largest absolute Gasteiger partial charge is 0.497 e. The number of nitrogens with one attached hydrogen (secondary N) is 7. The topological polar surface area (TPSA) is 362 Å². The van der Waals surface area contributed by atoms with Gasteiger partial charge in [0.1, 0.15) is 66.1 Å².